The zero-order valence-electron chi connectivity index (χ0n) is 18.6. The van der Waals surface area contributed by atoms with Crippen LogP contribution in [-0.4, -0.2) is 11.8 Å². The highest BCUT2D eigenvalue weighted by molar-refractivity contribution is 6.13. The molecule has 2 aromatic rings. The predicted molar refractivity (Wildman–Crippen MR) is 119 cm³/mol. The van der Waals surface area contributed by atoms with Crippen LogP contribution in [0, 0.1) is 0 Å². The van der Waals surface area contributed by atoms with Gasteiger partial charge in [-0.05, 0) is 33.1 Å². The molecule has 2 aromatic carbocycles. The highest BCUT2D eigenvalue weighted by atomic mass is 16.2. The molecule has 0 fully saturated rings. The normalized spacial score (nSPS) is 21.5. The van der Waals surface area contributed by atoms with Crippen molar-refractivity contribution in [1.29, 1.82) is 0 Å². The third-order valence-electron chi connectivity index (χ3n) is 6.13. The summed E-state index contributed by atoms with van der Waals surface area (Å²) in [6.07, 6.45) is 0. The van der Waals surface area contributed by atoms with Gasteiger partial charge >= 0.3 is 0 Å². The van der Waals surface area contributed by atoms with Gasteiger partial charge in [0.05, 0.1) is 23.2 Å². The maximum Gasteiger partial charge on any atom is 0.250 e. The van der Waals surface area contributed by atoms with Crippen LogP contribution in [-0.2, 0) is 20.4 Å². The van der Waals surface area contributed by atoms with E-state index in [0.29, 0.717) is 11.1 Å². The lowest BCUT2D eigenvalue weighted by atomic mass is 9.85. The first kappa shape index (κ1) is 20.4. The van der Waals surface area contributed by atoms with Crippen LogP contribution in [0.2, 0.25) is 0 Å². The molecule has 2 heterocycles. The molecule has 2 amide bonds. The Morgan fingerprint density at radius 3 is 1.13 bits per heavy atom. The quantitative estimate of drug-likeness (QED) is 0.770. The van der Waals surface area contributed by atoms with Crippen LogP contribution < -0.4 is 10.6 Å². The van der Waals surface area contributed by atoms with E-state index in [4.69, 9.17) is 0 Å². The molecule has 0 aliphatic carbocycles. The number of nitrogens with one attached hydrogen (secondary N) is 2. The fraction of sp³-hybridized carbons (Fsp3) is 0.385. The van der Waals surface area contributed by atoms with Gasteiger partial charge in [0, 0.05) is 0 Å². The molecule has 30 heavy (non-hydrogen) atoms. The van der Waals surface area contributed by atoms with Gasteiger partial charge in [-0.1, -0.05) is 90.1 Å². The molecular weight excluding hydrogens is 372 g/mol. The van der Waals surface area contributed by atoms with Gasteiger partial charge < -0.3 is 10.6 Å². The van der Waals surface area contributed by atoms with E-state index >= 15 is 0 Å². The lowest BCUT2D eigenvalue weighted by molar-refractivity contribution is -0.118. The van der Waals surface area contributed by atoms with E-state index in [-0.39, 0.29) is 22.6 Å². The second-order valence-corrected chi connectivity index (χ2v) is 10.4. The van der Waals surface area contributed by atoms with Crippen molar-refractivity contribution in [2.75, 3.05) is 0 Å². The van der Waals surface area contributed by atoms with E-state index in [1.807, 2.05) is 24.3 Å². The van der Waals surface area contributed by atoms with Crippen molar-refractivity contribution in [3.8, 4) is 0 Å². The molecule has 2 aliphatic heterocycles. The van der Waals surface area contributed by atoms with Crippen LogP contribution >= 0.6 is 0 Å². The van der Waals surface area contributed by atoms with Crippen LogP contribution in [0.4, 0.5) is 0 Å². The minimum absolute atomic E-state index is 0.0525. The topological polar surface area (TPSA) is 58.2 Å². The molecule has 4 rings (SSSR count). The Balaban J connectivity index is 1.68. The van der Waals surface area contributed by atoms with E-state index in [0.717, 1.165) is 11.1 Å². The molecule has 0 saturated heterocycles. The first-order valence-corrected chi connectivity index (χ1v) is 10.5. The fourth-order valence-corrected chi connectivity index (χ4v) is 4.23. The summed E-state index contributed by atoms with van der Waals surface area (Å²) < 4.78 is 0. The second kappa shape index (κ2) is 6.83. The van der Waals surface area contributed by atoms with Crippen LogP contribution in [0.25, 0.3) is 0 Å². The van der Waals surface area contributed by atoms with Crippen molar-refractivity contribution in [3.63, 3.8) is 0 Å². The number of benzene rings is 2. The average Bonchev–Trinajstić information content (AvgIpc) is 3.19. The molecule has 0 spiro atoms. The summed E-state index contributed by atoms with van der Waals surface area (Å²) in [5.74, 6) is -0.337. The maximum absolute atomic E-state index is 12.9. The van der Waals surface area contributed by atoms with Crippen LogP contribution in [0.3, 0.4) is 0 Å². The third-order valence-corrected chi connectivity index (χ3v) is 6.13. The predicted octanol–water partition coefficient (Wildman–Crippen LogP) is 4.62. The molecule has 0 aromatic heterocycles. The van der Waals surface area contributed by atoms with Gasteiger partial charge in [-0.15, -0.1) is 0 Å². The molecule has 0 radical (unpaired) electrons. The standard InChI is InChI=1S/C26H30N2O2/c1-25(2,3)17-11-7-15(8-12-17)21-19-20(24(30)27-21)22(28-23(19)29)16-9-13-18(14-10-16)26(4,5)6/h7-14,21-22H,1-6H3,(H,27,30)(H,28,29). The van der Waals surface area contributed by atoms with Gasteiger partial charge in [0.1, 0.15) is 0 Å². The number of hydrogen-bond donors (Lipinski definition) is 2. The van der Waals surface area contributed by atoms with Crippen molar-refractivity contribution in [2.24, 2.45) is 0 Å². The van der Waals surface area contributed by atoms with E-state index in [1.54, 1.807) is 0 Å². The summed E-state index contributed by atoms with van der Waals surface area (Å²) in [6.45, 7) is 13.0. The monoisotopic (exact) mass is 402 g/mol. The molecule has 156 valence electrons. The van der Waals surface area contributed by atoms with Crippen LogP contribution in [0.15, 0.2) is 59.7 Å². The lowest BCUT2D eigenvalue weighted by Gasteiger charge is -2.22. The molecule has 0 saturated carbocycles. The Kier molecular flexibility index (Phi) is 4.64. The zero-order chi connectivity index (χ0) is 21.8. The number of amides is 2. The van der Waals surface area contributed by atoms with Crippen LogP contribution in [0.1, 0.15) is 75.9 Å². The Hall–Kier alpha value is -2.88. The SMILES string of the molecule is CC(C)(C)c1ccc(C2NC(=O)C3=C2C(=O)NC3c2ccc(C(C)(C)C)cc2)cc1. The van der Waals surface area contributed by atoms with Gasteiger partial charge in [0.2, 0.25) is 0 Å². The highest BCUT2D eigenvalue weighted by Gasteiger charge is 2.46. The van der Waals surface area contributed by atoms with Crippen molar-refractivity contribution in [3.05, 3.63) is 81.9 Å². The summed E-state index contributed by atoms with van der Waals surface area (Å²) >= 11 is 0. The van der Waals surface area contributed by atoms with E-state index in [1.165, 1.54) is 11.1 Å². The molecule has 2 N–H and O–H groups in total. The van der Waals surface area contributed by atoms with Crippen molar-refractivity contribution >= 4 is 11.8 Å². The van der Waals surface area contributed by atoms with Gasteiger partial charge in [-0.3, -0.25) is 9.59 Å². The van der Waals surface area contributed by atoms with Gasteiger partial charge in [0.15, 0.2) is 0 Å². The Morgan fingerprint density at radius 1 is 0.567 bits per heavy atom. The Bertz CT molecular complexity index is 947. The lowest BCUT2D eigenvalue weighted by Crippen LogP contribution is -2.33. The smallest absolute Gasteiger partial charge is 0.250 e. The molecule has 0 bridgehead atoms. The molecule has 2 aliphatic rings. The summed E-state index contributed by atoms with van der Waals surface area (Å²) in [5, 5.41) is 6.04. The Labute approximate surface area is 178 Å². The van der Waals surface area contributed by atoms with Crippen molar-refractivity contribution in [1.82, 2.24) is 10.6 Å². The first-order valence-electron chi connectivity index (χ1n) is 10.5. The molecular formula is C26H30N2O2. The second-order valence-electron chi connectivity index (χ2n) is 10.4. The first-order chi connectivity index (χ1) is 14.0. The van der Waals surface area contributed by atoms with Gasteiger partial charge in [-0.25, -0.2) is 0 Å². The zero-order valence-corrected chi connectivity index (χ0v) is 18.6. The molecule has 2 unspecified atom stereocenters. The molecule has 4 nitrogen and oxygen atoms in total. The number of carbonyl (C=O) groups is 2. The summed E-state index contributed by atoms with van der Waals surface area (Å²) in [7, 11) is 0. The van der Waals surface area contributed by atoms with Crippen molar-refractivity contribution in [2.45, 2.75) is 64.5 Å². The minimum Gasteiger partial charge on any atom is -0.341 e. The van der Waals surface area contributed by atoms with Gasteiger partial charge in [-0.2, -0.15) is 0 Å². The number of hydrogen-bond acceptors (Lipinski definition) is 2. The maximum atomic E-state index is 12.9. The summed E-state index contributed by atoms with van der Waals surface area (Å²) in [5.41, 5.74) is 5.51. The summed E-state index contributed by atoms with van der Waals surface area (Å²) in [6, 6.07) is 15.6. The molecule has 4 heteroatoms. The number of carbonyl (C=O) groups excluding carboxylic acids is 2. The largest absolute Gasteiger partial charge is 0.341 e. The summed E-state index contributed by atoms with van der Waals surface area (Å²) in [4.78, 5) is 25.7. The molecule has 2 atom stereocenters. The third kappa shape index (κ3) is 3.45. The minimum atomic E-state index is -0.402. The van der Waals surface area contributed by atoms with E-state index < -0.39 is 12.1 Å². The van der Waals surface area contributed by atoms with Crippen molar-refractivity contribution < 1.29 is 9.59 Å². The number of rotatable bonds is 2. The van der Waals surface area contributed by atoms with Gasteiger partial charge in [0.25, 0.3) is 11.8 Å². The fourth-order valence-electron chi connectivity index (χ4n) is 4.23. The van der Waals surface area contributed by atoms with Crippen LogP contribution in [0.5, 0.6) is 0 Å². The average molecular weight is 403 g/mol. The van der Waals surface area contributed by atoms with E-state index in [9.17, 15) is 9.59 Å². The Morgan fingerprint density at radius 2 is 0.867 bits per heavy atom. The van der Waals surface area contributed by atoms with E-state index in [2.05, 4.69) is 76.4 Å². The highest BCUT2D eigenvalue weighted by Crippen LogP contribution is 2.41.